The van der Waals surface area contributed by atoms with Gasteiger partial charge in [0.15, 0.2) is 0 Å². The summed E-state index contributed by atoms with van der Waals surface area (Å²) in [5.41, 5.74) is 4.66. The molecule has 1 fully saturated rings. The number of rotatable bonds is 8. The summed E-state index contributed by atoms with van der Waals surface area (Å²) in [6.07, 6.45) is 0. The topological polar surface area (TPSA) is 76.8 Å². The molecule has 0 radical (unpaired) electrons. The van der Waals surface area contributed by atoms with E-state index < -0.39 is 0 Å². The summed E-state index contributed by atoms with van der Waals surface area (Å²) in [5, 5.41) is 7.17. The lowest BCUT2D eigenvalue weighted by Crippen LogP contribution is -2.43. The zero-order chi connectivity index (χ0) is 23.2. The lowest BCUT2D eigenvalue weighted by atomic mass is 10.0. The smallest absolute Gasteiger partial charge is 0.251 e. The summed E-state index contributed by atoms with van der Waals surface area (Å²) in [4.78, 5) is 15.4. The Balaban J connectivity index is 1.41. The molecule has 2 aromatic carbocycles. The summed E-state index contributed by atoms with van der Waals surface area (Å²) in [7, 11) is 0. The molecule has 3 aromatic rings. The SMILES string of the molecule is Cc1ccc([C@@H](CN2CCOCC2)NC(=O)c2ccc(OCc3c(C)noc3C)cc2)cc1. The fourth-order valence-electron chi connectivity index (χ4n) is 3.88. The fraction of sp³-hybridized carbons (Fsp3) is 0.385. The minimum Gasteiger partial charge on any atom is -0.489 e. The van der Waals surface area contributed by atoms with Gasteiger partial charge in [-0.05, 0) is 50.6 Å². The van der Waals surface area contributed by atoms with Gasteiger partial charge in [-0.25, -0.2) is 0 Å². The van der Waals surface area contributed by atoms with Crippen LogP contribution in [0.25, 0.3) is 0 Å². The van der Waals surface area contributed by atoms with Crippen LogP contribution < -0.4 is 10.1 Å². The average Bonchev–Trinajstić information content (AvgIpc) is 3.15. The Labute approximate surface area is 194 Å². The Morgan fingerprint density at radius 1 is 1.06 bits per heavy atom. The van der Waals surface area contributed by atoms with Crippen LogP contribution in [0.15, 0.2) is 53.1 Å². The van der Waals surface area contributed by atoms with Crippen molar-refractivity contribution in [1.29, 1.82) is 0 Å². The molecular weight excluding hydrogens is 418 g/mol. The number of aromatic nitrogens is 1. The normalized spacial score (nSPS) is 15.2. The van der Waals surface area contributed by atoms with Crippen molar-refractivity contribution in [2.45, 2.75) is 33.4 Å². The molecule has 0 bridgehead atoms. The van der Waals surface area contributed by atoms with Gasteiger partial charge >= 0.3 is 0 Å². The molecule has 1 saturated heterocycles. The van der Waals surface area contributed by atoms with Crippen molar-refractivity contribution in [3.8, 4) is 5.75 Å². The summed E-state index contributed by atoms with van der Waals surface area (Å²) in [5.74, 6) is 1.34. The molecule has 1 aromatic heterocycles. The van der Waals surface area contributed by atoms with Gasteiger partial charge in [0, 0.05) is 25.2 Å². The first-order chi connectivity index (χ1) is 16.0. The second kappa shape index (κ2) is 10.6. The van der Waals surface area contributed by atoms with Gasteiger partial charge < -0.3 is 19.3 Å². The Morgan fingerprint density at radius 2 is 1.76 bits per heavy atom. The van der Waals surface area contributed by atoms with Crippen molar-refractivity contribution in [3.63, 3.8) is 0 Å². The number of hydrogen-bond donors (Lipinski definition) is 1. The first-order valence-electron chi connectivity index (χ1n) is 11.3. The molecule has 1 aliphatic rings. The number of amides is 1. The predicted molar refractivity (Wildman–Crippen MR) is 125 cm³/mol. The van der Waals surface area contributed by atoms with Gasteiger partial charge in [-0.15, -0.1) is 0 Å². The van der Waals surface area contributed by atoms with Crippen LogP contribution in [0.2, 0.25) is 0 Å². The average molecular weight is 450 g/mol. The summed E-state index contributed by atoms with van der Waals surface area (Å²) in [6, 6.07) is 15.5. The number of carbonyl (C=O) groups is 1. The summed E-state index contributed by atoms with van der Waals surface area (Å²) < 4.78 is 16.5. The molecule has 7 nitrogen and oxygen atoms in total. The quantitative estimate of drug-likeness (QED) is 0.561. The second-order valence-electron chi connectivity index (χ2n) is 8.47. The van der Waals surface area contributed by atoms with Crippen LogP contribution in [0.4, 0.5) is 0 Å². The van der Waals surface area contributed by atoms with Gasteiger partial charge in [-0.2, -0.15) is 0 Å². The molecule has 174 valence electrons. The standard InChI is InChI=1S/C26H31N3O4/c1-18-4-6-21(7-5-18)25(16-29-12-14-31-15-13-29)27-26(30)22-8-10-23(11-9-22)32-17-24-19(2)28-33-20(24)3/h4-11,25H,12-17H2,1-3H3,(H,27,30)/t25-/m1/s1. The second-order valence-corrected chi connectivity index (χ2v) is 8.47. The third-order valence-electron chi connectivity index (χ3n) is 6.01. The van der Waals surface area contributed by atoms with Gasteiger partial charge in [-0.1, -0.05) is 35.0 Å². The maximum Gasteiger partial charge on any atom is 0.251 e. The molecule has 0 unspecified atom stereocenters. The molecular formula is C26H31N3O4. The number of nitrogens with zero attached hydrogens (tertiary/aromatic N) is 2. The molecule has 1 amide bonds. The Kier molecular flexibility index (Phi) is 7.42. The summed E-state index contributed by atoms with van der Waals surface area (Å²) in [6.45, 7) is 10.1. The number of carbonyl (C=O) groups excluding carboxylic acids is 1. The van der Waals surface area contributed by atoms with Gasteiger partial charge in [0.1, 0.15) is 18.1 Å². The highest BCUT2D eigenvalue weighted by molar-refractivity contribution is 5.94. The van der Waals surface area contributed by atoms with Crippen molar-refractivity contribution in [3.05, 3.63) is 82.2 Å². The third-order valence-corrected chi connectivity index (χ3v) is 6.01. The monoisotopic (exact) mass is 449 g/mol. The van der Waals surface area contributed by atoms with Crippen molar-refractivity contribution < 1.29 is 18.8 Å². The number of aryl methyl sites for hydroxylation is 3. The van der Waals surface area contributed by atoms with E-state index >= 15 is 0 Å². The molecule has 0 spiro atoms. The molecule has 1 N–H and O–H groups in total. The van der Waals surface area contributed by atoms with Gasteiger partial charge in [0.2, 0.25) is 0 Å². The van der Waals surface area contributed by atoms with E-state index in [2.05, 4.69) is 46.6 Å². The largest absolute Gasteiger partial charge is 0.489 e. The van der Waals surface area contributed by atoms with E-state index in [1.165, 1.54) is 5.56 Å². The van der Waals surface area contributed by atoms with Crippen molar-refractivity contribution in [1.82, 2.24) is 15.4 Å². The molecule has 7 heteroatoms. The molecule has 2 heterocycles. The minimum atomic E-state index is -0.105. The van der Waals surface area contributed by atoms with Gasteiger partial charge in [-0.3, -0.25) is 9.69 Å². The molecule has 1 aliphatic heterocycles. The van der Waals surface area contributed by atoms with E-state index in [0.717, 1.165) is 55.4 Å². The van der Waals surface area contributed by atoms with Crippen molar-refractivity contribution >= 4 is 5.91 Å². The molecule has 33 heavy (non-hydrogen) atoms. The van der Waals surface area contributed by atoms with Gasteiger partial charge in [0.05, 0.1) is 30.5 Å². The lowest BCUT2D eigenvalue weighted by molar-refractivity contribution is 0.0332. The minimum absolute atomic E-state index is 0.105. The maximum absolute atomic E-state index is 13.1. The van der Waals surface area contributed by atoms with E-state index in [-0.39, 0.29) is 11.9 Å². The highest BCUT2D eigenvalue weighted by atomic mass is 16.5. The number of nitrogens with one attached hydrogen (secondary N) is 1. The first kappa shape index (κ1) is 23.0. The Morgan fingerprint density at radius 3 is 2.39 bits per heavy atom. The molecule has 1 atom stereocenters. The fourth-order valence-corrected chi connectivity index (χ4v) is 3.88. The van der Waals surface area contributed by atoms with Gasteiger partial charge in [0.25, 0.3) is 5.91 Å². The predicted octanol–water partition coefficient (Wildman–Crippen LogP) is 3.98. The number of ether oxygens (including phenoxy) is 2. The summed E-state index contributed by atoms with van der Waals surface area (Å²) >= 11 is 0. The van der Waals surface area contributed by atoms with Crippen LogP contribution in [0.5, 0.6) is 5.75 Å². The van der Waals surface area contributed by atoms with Crippen LogP contribution >= 0.6 is 0 Å². The van der Waals surface area contributed by atoms with E-state index in [1.54, 1.807) is 12.1 Å². The van der Waals surface area contributed by atoms with E-state index in [9.17, 15) is 4.79 Å². The molecule has 0 aliphatic carbocycles. The van der Waals surface area contributed by atoms with Crippen LogP contribution in [0.1, 0.15) is 44.5 Å². The van der Waals surface area contributed by atoms with E-state index in [4.69, 9.17) is 14.0 Å². The number of benzene rings is 2. The Hall–Kier alpha value is -3.16. The highest BCUT2D eigenvalue weighted by Crippen LogP contribution is 2.20. The molecule has 0 saturated carbocycles. The lowest BCUT2D eigenvalue weighted by Gasteiger charge is -2.31. The number of morpholine rings is 1. The highest BCUT2D eigenvalue weighted by Gasteiger charge is 2.21. The maximum atomic E-state index is 13.1. The zero-order valence-corrected chi connectivity index (χ0v) is 19.5. The van der Waals surface area contributed by atoms with Crippen molar-refractivity contribution in [2.75, 3.05) is 32.8 Å². The first-order valence-corrected chi connectivity index (χ1v) is 11.3. The van der Waals surface area contributed by atoms with E-state index in [0.29, 0.717) is 17.9 Å². The van der Waals surface area contributed by atoms with Crippen LogP contribution in [0.3, 0.4) is 0 Å². The van der Waals surface area contributed by atoms with Crippen LogP contribution in [-0.2, 0) is 11.3 Å². The number of hydrogen-bond acceptors (Lipinski definition) is 6. The van der Waals surface area contributed by atoms with E-state index in [1.807, 2.05) is 26.0 Å². The molecule has 4 rings (SSSR count). The third kappa shape index (κ3) is 6.00. The van der Waals surface area contributed by atoms with Crippen LogP contribution in [-0.4, -0.2) is 48.8 Å². The van der Waals surface area contributed by atoms with Crippen LogP contribution in [0, 0.1) is 20.8 Å². The van der Waals surface area contributed by atoms with Crippen molar-refractivity contribution in [2.24, 2.45) is 0 Å². The zero-order valence-electron chi connectivity index (χ0n) is 19.5. The Bertz CT molecular complexity index is 1030.